The predicted molar refractivity (Wildman–Crippen MR) is 90.6 cm³/mol. The van der Waals surface area contributed by atoms with Gasteiger partial charge in [0.25, 0.3) is 5.69 Å². The number of hydrogen-bond donors (Lipinski definition) is 1. The molecule has 0 bridgehead atoms. The fraction of sp³-hybridized carbons (Fsp3) is 0.444. The van der Waals surface area contributed by atoms with Gasteiger partial charge in [-0.2, -0.15) is 0 Å². The Kier molecular flexibility index (Phi) is 3.86. The zero-order valence-corrected chi connectivity index (χ0v) is 13.5. The van der Waals surface area contributed by atoms with Crippen molar-refractivity contribution in [1.29, 1.82) is 0 Å². The first kappa shape index (κ1) is 15.4. The lowest BCUT2D eigenvalue weighted by Crippen LogP contribution is -2.28. The molecule has 2 aliphatic heterocycles. The highest BCUT2D eigenvalue weighted by molar-refractivity contribution is 5.61. The first-order valence-corrected chi connectivity index (χ1v) is 8.40. The Bertz CT molecular complexity index is 749. The van der Waals surface area contributed by atoms with Crippen molar-refractivity contribution in [3.05, 3.63) is 52.3 Å². The van der Waals surface area contributed by atoms with Crippen LogP contribution >= 0.6 is 0 Å². The summed E-state index contributed by atoms with van der Waals surface area (Å²) in [5, 5.41) is 14.4. The number of nitro groups is 1. The lowest BCUT2D eigenvalue weighted by atomic mass is 9.87. The Morgan fingerprint density at radius 2 is 2.21 bits per heavy atom. The zero-order chi connectivity index (χ0) is 16.6. The van der Waals surface area contributed by atoms with E-state index in [0.717, 1.165) is 44.0 Å². The van der Waals surface area contributed by atoms with Gasteiger partial charge in [-0.25, -0.2) is 0 Å². The van der Waals surface area contributed by atoms with Crippen LogP contribution in [0.1, 0.15) is 18.6 Å². The van der Waals surface area contributed by atoms with Gasteiger partial charge in [-0.15, -0.1) is 0 Å². The second kappa shape index (κ2) is 6.03. The first-order valence-electron chi connectivity index (χ1n) is 8.40. The number of nitro benzene ring substituents is 1. The van der Waals surface area contributed by atoms with E-state index in [1.54, 1.807) is 12.1 Å². The number of nitrogens with one attached hydrogen (secondary N) is 1. The van der Waals surface area contributed by atoms with E-state index in [0.29, 0.717) is 11.2 Å². The molecule has 2 saturated heterocycles. The molecule has 1 atom stereocenters. The highest BCUT2D eigenvalue weighted by Gasteiger charge is 2.40. The van der Waals surface area contributed by atoms with Crippen LogP contribution in [-0.4, -0.2) is 36.0 Å². The molecule has 0 amide bonds. The molecular formula is C18H21N3O3. The number of rotatable bonds is 4. The second-order valence-corrected chi connectivity index (χ2v) is 6.96. The zero-order valence-electron chi connectivity index (χ0n) is 13.5. The van der Waals surface area contributed by atoms with Gasteiger partial charge in [-0.05, 0) is 43.5 Å². The van der Waals surface area contributed by atoms with Crippen LogP contribution < -0.4 is 5.32 Å². The van der Waals surface area contributed by atoms with Gasteiger partial charge >= 0.3 is 0 Å². The van der Waals surface area contributed by atoms with Gasteiger partial charge in [0.05, 0.1) is 11.5 Å². The summed E-state index contributed by atoms with van der Waals surface area (Å²) in [7, 11) is 0. The highest BCUT2D eigenvalue weighted by atomic mass is 16.6. The van der Waals surface area contributed by atoms with E-state index in [1.165, 1.54) is 18.9 Å². The molecule has 0 radical (unpaired) electrons. The number of benzene rings is 1. The lowest BCUT2D eigenvalue weighted by molar-refractivity contribution is -0.384. The van der Waals surface area contributed by atoms with Gasteiger partial charge < -0.3 is 9.73 Å². The number of furan rings is 1. The molecule has 6 heteroatoms. The standard InChI is InChI=1S/C18H21N3O3/c22-21(23)15-3-1-2-14(10-15)17-5-4-16(24-17)11-20-9-7-18(13-20)6-8-19-12-18/h1-5,10,19H,6-9,11-13H2. The van der Waals surface area contributed by atoms with Crippen LogP contribution in [0.2, 0.25) is 0 Å². The van der Waals surface area contributed by atoms with E-state index >= 15 is 0 Å². The van der Waals surface area contributed by atoms with Gasteiger partial charge in [0.15, 0.2) is 0 Å². The molecule has 126 valence electrons. The maximum Gasteiger partial charge on any atom is 0.270 e. The summed E-state index contributed by atoms with van der Waals surface area (Å²) in [4.78, 5) is 13.0. The molecule has 1 aromatic carbocycles. The van der Waals surface area contributed by atoms with E-state index in [2.05, 4.69) is 10.2 Å². The van der Waals surface area contributed by atoms with Crippen LogP contribution in [0.15, 0.2) is 40.8 Å². The van der Waals surface area contributed by atoms with Crippen molar-refractivity contribution in [2.24, 2.45) is 5.41 Å². The van der Waals surface area contributed by atoms with Gasteiger partial charge in [0.2, 0.25) is 0 Å². The largest absolute Gasteiger partial charge is 0.460 e. The summed E-state index contributed by atoms with van der Waals surface area (Å²) >= 11 is 0. The molecule has 1 unspecified atom stereocenters. The van der Waals surface area contributed by atoms with Crippen LogP contribution in [0, 0.1) is 15.5 Å². The summed E-state index contributed by atoms with van der Waals surface area (Å²) < 4.78 is 5.94. The third-order valence-electron chi connectivity index (χ3n) is 5.23. The molecule has 2 aromatic rings. The van der Waals surface area contributed by atoms with Crippen molar-refractivity contribution in [1.82, 2.24) is 10.2 Å². The van der Waals surface area contributed by atoms with Crippen molar-refractivity contribution in [3.63, 3.8) is 0 Å². The van der Waals surface area contributed by atoms with Crippen molar-refractivity contribution in [2.45, 2.75) is 19.4 Å². The Labute approximate surface area is 140 Å². The predicted octanol–water partition coefficient (Wildman–Crippen LogP) is 3.04. The third-order valence-corrected chi connectivity index (χ3v) is 5.23. The maximum absolute atomic E-state index is 10.9. The molecule has 6 nitrogen and oxygen atoms in total. The Hall–Kier alpha value is -2.18. The van der Waals surface area contributed by atoms with Crippen LogP contribution in [-0.2, 0) is 6.54 Å². The molecule has 1 aromatic heterocycles. The fourth-order valence-corrected chi connectivity index (χ4v) is 3.92. The fourth-order valence-electron chi connectivity index (χ4n) is 3.92. The Morgan fingerprint density at radius 3 is 3.00 bits per heavy atom. The normalized spacial score (nSPS) is 24.0. The Balaban J connectivity index is 1.45. The van der Waals surface area contributed by atoms with E-state index in [1.807, 2.05) is 18.2 Å². The monoisotopic (exact) mass is 327 g/mol. The topological polar surface area (TPSA) is 71.6 Å². The summed E-state index contributed by atoms with van der Waals surface area (Å²) in [5.41, 5.74) is 1.28. The van der Waals surface area contributed by atoms with E-state index in [-0.39, 0.29) is 10.6 Å². The van der Waals surface area contributed by atoms with Gasteiger partial charge in [-0.1, -0.05) is 12.1 Å². The first-order chi connectivity index (χ1) is 11.6. The molecular weight excluding hydrogens is 306 g/mol. The molecule has 3 heterocycles. The number of non-ortho nitro benzene ring substituents is 1. The minimum Gasteiger partial charge on any atom is -0.460 e. The third kappa shape index (κ3) is 2.95. The quantitative estimate of drug-likeness (QED) is 0.690. The van der Waals surface area contributed by atoms with Crippen molar-refractivity contribution >= 4 is 5.69 Å². The maximum atomic E-state index is 10.9. The summed E-state index contributed by atoms with van der Waals surface area (Å²) in [6.07, 6.45) is 2.51. The molecule has 4 rings (SSSR count). The van der Waals surface area contributed by atoms with Crippen LogP contribution in [0.4, 0.5) is 5.69 Å². The second-order valence-electron chi connectivity index (χ2n) is 6.96. The SMILES string of the molecule is O=[N+]([O-])c1cccc(-c2ccc(CN3CCC4(CCNC4)C3)o2)c1. The summed E-state index contributed by atoms with van der Waals surface area (Å²) in [6.45, 7) is 5.28. The molecule has 24 heavy (non-hydrogen) atoms. The molecule has 2 aliphatic rings. The van der Waals surface area contributed by atoms with Crippen molar-refractivity contribution < 1.29 is 9.34 Å². The highest BCUT2D eigenvalue weighted by Crippen LogP contribution is 2.37. The molecule has 0 saturated carbocycles. The lowest BCUT2D eigenvalue weighted by Gasteiger charge is -2.22. The molecule has 0 aliphatic carbocycles. The van der Waals surface area contributed by atoms with Crippen LogP contribution in [0.3, 0.4) is 0 Å². The average Bonchev–Trinajstić information content (AvgIpc) is 3.31. The van der Waals surface area contributed by atoms with E-state index in [4.69, 9.17) is 4.42 Å². The summed E-state index contributed by atoms with van der Waals surface area (Å²) in [5.74, 6) is 1.60. The molecule has 1 spiro atoms. The minimum absolute atomic E-state index is 0.0840. The van der Waals surface area contributed by atoms with Gasteiger partial charge in [-0.3, -0.25) is 15.0 Å². The number of hydrogen-bond acceptors (Lipinski definition) is 5. The van der Waals surface area contributed by atoms with Gasteiger partial charge in [0, 0.05) is 30.8 Å². The van der Waals surface area contributed by atoms with Crippen LogP contribution in [0.25, 0.3) is 11.3 Å². The minimum atomic E-state index is -0.382. The van der Waals surface area contributed by atoms with Crippen molar-refractivity contribution in [3.8, 4) is 11.3 Å². The van der Waals surface area contributed by atoms with Crippen LogP contribution in [0.5, 0.6) is 0 Å². The smallest absolute Gasteiger partial charge is 0.270 e. The average molecular weight is 327 g/mol. The van der Waals surface area contributed by atoms with E-state index in [9.17, 15) is 10.1 Å². The molecule has 1 N–H and O–H groups in total. The van der Waals surface area contributed by atoms with E-state index < -0.39 is 0 Å². The van der Waals surface area contributed by atoms with Crippen molar-refractivity contribution in [2.75, 3.05) is 26.2 Å². The Morgan fingerprint density at radius 1 is 1.29 bits per heavy atom. The van der Waals surface area contributed by atoms with Gasteiger partial charge in [0.1, 0.15) is 11.5 Å². The number of nitrogens with zero attached hydrogens (tertiary/aromatic N) is 2. The molecule has 2 fully saturated rings. The number of likely N-dealkylation sites (tertiary alicyclic amines) is 1. The summed E-state index contributed by atoms with van der Waals surface area (Å²) in [6, 6.07) is 10.4.